The molecule has 1 aromatic carbocycles. The van der Waals surface area contributed by atoms with Crippen LogP contribution in [-0.2, 0) is 11.7 Å². The molecule has 0 bridgehead atoms. The largest absolute Gasteiger partial charge is 0.507 e. The number of aliphatic hydroxyl groups excluding tert-OH is 1. The van der Waals surface area contributed by atoms with Crippen molar-refractivity contribution in [1.29, 1.82) is 0 Å². The first-order chi connectivity index (χ1) is 12.0. The third kappa shape index (κ3) is 3.12. The van der Waals surface area contributed by atoms with E-state index in [0.717, 1.165) is 11.5 Å². The summed E-state index contributed by atoms with van der Waals surface area (Å²) in [5.41, 5.74) is -0.328. The molecule has 0 spiro atoms. The molecule has 5 nitrogen and oxygen atoms in total. The quantitative estimate of drug-likeness (QED) is 0.739. The maximum Gasteiger partial charge on any atom is 0.416 e. The molecule has 0 aliphatic heterocycles. The summed E-state index contributed by atoms with van der Waals surface area (Å²) < 4.78 is 40.2. The Kier molecular flexibility index (Phi) is 4.18. The smallest absolute Gasteiger partial charge is 0.416 e. The number of nitrogens with zero attached hydrogens (tertiary/aromatic N) is 3. The van der Waals surface area contributed by atoms with Crippen molar-refractivity contribution in [2.24, 2.45) is 0 Å². The normalized spacial score (nSPS) is 12.7. The summed E-state index contributed by atoms with van der Waals surface area (Å²) in [5.74, 6) is -0.487. The van der Waals surface area contributed by atoms with Gasteiger partial charge in [-0.1, -0.05) is 0 Å². The molecule has 2 N–H and O–H groups in total. The summed E-state index contributed by atoms with van der Waals surface area (Å²) in [6, 6.07) is 5.02. The molecule has 0 saturated heterocycles. The van der Waals surface area contributed by atoms with Gasteiger partial charge in [0.1, 0.15) is 5.75 Å². The lowest BCUT2D eigenvalue weighted by Gasteiger charge is -2.21. The molecule has 0 fully saturated rings. The molecule has 0 saturated carbocycles. The minimum absolute atomic E-state index is 0.118. The lowest BCUT2D eigenvalue weighted by atomic mass is 10.00. The lowest BCUT2D eigenvalue weighted by Crippen LogP contribution is -2.30. The van der Waals surface area contributed by atoms with E-state index in [1.165, 1.54) is 6.92 Å². The second kappa shape index (κ2) is 5.98. The van der Waals surface area contributed by atoms with Crippen molar-refractivity contribution in [3.8, 4) is 17.0 Å². The first kappa shape index (κ1) is 18.2. The van der Waals surface area contributed by atoms with E-state index < -0.39 is 23.0 Å². The molecule has 3 aromatic rings. The van der Waals surface area contributed by atoms with E-state index in [9.17, 15) is 23.4 Å². The van der Waals surface area contributed by atoms with Gasteiger partial charge in [-0.15, -0.1) is 0 Å². The fourth-order valence-electron chi connectivity index (χ4n) is 2.69. The zero-order chi connectivity index (χ0) is 19.3. The number of alkyl halides is 3. The SMILES string of the molecule is Cc1cc(C(F)(F)F)cc(O)c1-c1ccc2cn(C(C)(C)CO)nc2n1. The predicted molar refractivity (Wildman–Crippen MR) is 90.8 cm³/mol. The minimum Gasteiger partial charge on any atom is -0.507 e. The maximum absolute atomic E-state index is 12.9. The number of phenolic OH excluding ortho intramolecular Hbond substituents is 1. The summed E-state index contributed by atoms with van der Waals surface area (Å²) in [5, 5.41) is 24.7. The molecule has 0 radical (unpaired) electrons. The zero-order valence-corrected chi connectivity index (χ0v) is 14.5. The molecule has 8 heteroatoms. The van der Waals surface area contributed by atoms with Gasteiger partial charge in [0.15, 0.2) is 5.65 Å². The van der Waals surface area contributed by atoms with E-state index in [4.69, 9.17) is 0 Å². The van der Waals surface area contributed by atoms with Gasteiger partial charge >= 0.3 is 6.18 Å². The Labute approximate surface area is 147 Å². The number of pyridine rings is 1. The summed E-state index contributed by atoms with van der Waals surface area (Å²) in [4.78, 5) is 4.37. The van der Waals surface area contributed by atoms with Crippen molar-refractivity contribution in [3.63, 3.8) is 0 Å². The van der Waals surface area contributed by atoms with Gasteiger partial charge in [0.2, 0.25) is 0 Å². The Balaban J connectivity index is 2.12. The van der Waals surface area contributed by atoms with Crippen LogP contribution in [0, 0.1) is 6.92 Å². The third-order valence-corrected chi connectivity index (χ3v) is 4.27. The van der Waals surface area contributed by atoms with Gasteiger partial charge in [-0.2, -0.15) is 18.3 Å². The van der Waals surface area contributed by atoms with Crippen molar-refractivity contribution in [2.45, 2.75) is 32.5 Å². The molecule has 0 amide bonds. The van der Waals surface area contributed by atoms with Gasteiger partial charge in [-0.25, -0.2) is 4.98 Å². The average Bonchev–Trinajstić information content (AvgIpc) is 2.97. The van der Waals surface area contributed by atoms with Crippen molar-refractivity contribution in [3.05, 3.63) is 41.6 Å². The highest BCUT2D eigenvalue weighted by Gasteiger charge is 2.32. The second-order valence-corrected chi connectivity index (χ2v) is 6.84. The number of aromatic hydroxyl groups is 1. The number of hydrogen-bond donors (Lipinski definition) is 2. The van der Waals surface area contributed by atoms with Crippen LogP contribution in [0.2, 0.25) is 0 Å². The van der Waals surface area contributed by atoms with Crippen LogP contribution in [0.4, 0.5) is 13.2 Å². The van der Waals surface area contributed by atoms with E-state index in [-0.39, 0.29) is 17.7 Å². The summed E-state index contributed by atoms with van der Waals surface area (Å²) >= 11 is 0. The number of hydrogen-bond acceptors (Lipinski definition) is 4. The Morgan fingerprint density at radius 2 is 1.85 bits per heavy atom. The van der Waals surface area contributed by atoms with Crippen LogP contribution in [0.5, 0.6) is 5.75 Å². The predicted octanol–water partition coefficient (Wildman–Crippen LogP) is 3.86. The Morgan fingerprint density at radius 3 is 2.42 bits per heavy atom. The molecule has 26 heavy (non-hydrogen) atoms. The molecule has 0 atom stereocenters. The molecule has 2 heterocycles. The third-order valence-electron chi connectivity index (χ3n) is 4.27. The lowest BCUT2D eigenvalue weighted by molar-refractivity contribution is -0.137. The van der Waals surface area contributed by atoms with Crippen LogP contribution in [-0.4, -0.2) is 31.6 Å². The highest BCUT2D eigenvalue weighted by Crippen LogP contribution is 2.38. The van der Waals surface area contributed by atoms with Gasteiger partial charge in [0.05, 0.1) is 23.4 Å². The van der Waals surface area contributed by atoms with E-state index in [1.807, 2.05) is 13.8 Å². The highest BCUT2D eigenvalue weighted by molar-refractivity contribution is 5.80. The zero-order valence-electron chi connectivity index (χ0n) is 14.5. The molecule has 0 unspecified atom stereocenters. The minimum atomic E-state index is -4.53. The molecular weight excluding hydrogens is 347 g/mol. The van der Waals surface area contributed by atoms with Crippen LogP contribution in [0.1, 0.15) is 25.0 Å². The number of benzene rings is 1. The Bertz CT molecular complexity index is 954. The van der Waals surface area contributed by atoms with E-state index in [2.05, 4.69) is 10.1 Å². The topological polar surface area (TPSA) is 71.2 Å². The van der Waals surface area contributed by atoms with Crippen molar-refractivity contribution < 1.29 is 23.4 Å². The molecule has 2 aromatic heterocycles. The number of aryl methyl sites for hydroxylation is 1. The molecule has 3 rings (SSSR count). The van der Waals surface area contributed by atoms with Crippen molar-refractivity contribution in [2.75, 3.05) is 6.61 Å². The summed E-state index contributed by atoms with van der Waals surface area (Å²) in [7, 11) is 0. The van der Waals surface area contributed by atoms with Crippen LogP contribution < -0.4 is 0 Å². The fraction of sp³-hybridized carbons (Fsp3) is 0.333. The van der Waals surface area contributed by atoms with Gasteiger partial charge in [-0.05, 0) is 50.6 Å². The summed E-state index contributed by atoms with van der Waals surface area (Å²) in [6.45, 7) is 4.99. The second-order valence-electron chi connectivity index (χ2n) is 6.84. The summed E-state index contributed by atoms with van der Waals surface area (Å²) in [6.07, 6.45) is -2.80. The van der Waals surface area contributed by atoms with Crippen LogP contribution in [0.15, 0.2) is 30.5 Å². The van der Waals surface area contributed by atoms with Crippen LogP contribution >= 0.6 is 0 Å². The number of aliphatic hydroxyl groups is 1. The number of phenols is 1. The van der Waals surface area contributed by atoms with E-state index in [1.54, 1.807) is 23.0 Å². The fourth-order valence-corrected chi connectivity index (χ4v) is 2.69. The molecule has 0 aliphatic rings. The molecule has 0 aliphatic carbocycles. The van der Waals surface area contributed by atoms with Crippen LogP contribution in [0.3, 0.4) is 0 Å². The van der Waals surface area contributed by atoms with Crippen molar-refractivity contribution >= 4 is 11.0 Å². The Morgan fingerprint density at radius 1 is 1.15 bits per heavy atom. The van der Waals surface area contributed by atoms with Gasteiger partial charge in [0.25, 0.3) is 0 Å². The number of aromatic nitrogens is 3. The van der Waals surface area contributed by atoms with E-state index >= 15 is 0 Å². The number of rotatable bonds is 3. The van der Waals surface area contributed by atoms with Crippen LogP contribution in [0.25, 0.3) is 22.3 Å². The van der Waals surface area contributed by atoms with Gasteiger partial charge in [-0.3, -0.25) is 4.68 Å². The first-order valence-electron chi connectivity index (χ1n) is 7.92. The number of fused-ring (bicyclic) bond motifs is 1. The highest BCUT2D eigenvalue weighted by atomic mass is 19.4. The number of halogens is 3. The van der Waals surface area contributed by atoms with Gasteiger partial charge < -0.3 is 10.2 Å². The Hall–Kier alpha value is -2.61. The van der Waals surface area contributed by atoms with E-state index in [0.29, 0.717) is 17.4 Å². The maximum atomic E-state index is 12.9. The monoisotopic (exact) mass is 365 g/mol. The molecule has 138 valence electrons. The van der Waals surface area contributed by atoms with Crippen molar-refractivity contribution in [1.82, 2.24) is 14.8 Å². The van der Waals surface area contributed by atoms with Gasteiger partial charge in [0, 0.05) is 17.1 Å². The average molecular weight is 365 g/mol. The molecular formula is C18H18F3N3O2. The standard InChI is InChI=1S/C18H18F3N3O2/c1-10-6-12(18(19,20)21)7-14(26)15(10)13-5-4-11-8-24(17(2,3)9-25)23-16(11)22-13/h4-8,25-26H,9H2,1-3H3. The first-order valence-corrected chi connectivity index (χ1v) is 7.92.